The molecule has 0 unspecified atom stereocenters. The Bertz CT molecular complexity index is 1450. The van der Waals surface area contributed by atoms with E-state index in [0.717, 1.165) is 41.0 Å². The van der Waals surface area contributed by atoms with Gasteiger partial charge in [0.05, 0.1) is 11.4 Å². The fraction of sp³-hybridized carbons (Fsp3) is 0.185. The number of hydrogen-bond acceptors (Lipinski definition) is 7. The number of nitrogens with two attached hydrogens (primary N) is 1. The molecule has 4 aromatic rings. The molecule has 0 aliphatic carbocycles. The minimum absolute atomic E-state index is 0.256. The van der Waals surface area contributed by atoms with Crippen LogP contribution >= 0.6 is 0 Å². The first-order valence-corrected chi connectivity index (χ1v) is 13.2. The first-order chi connectivity index (χ1) is 18.3. The van der Waals surface area contributed by atoms with Crippen LogP contribution in [0.4, 0.5) is 22.1 Å². The number of amides is 2. The molecule has 0 aliphatic heterocycles. The topological polar surface area (TPSA) is 152 Å². The van der Waals surface area contributed by atoms with Crippen molar-refractivity contribution in [2.75, 3.05) is 17.7 Å². The first kappa shape index (κ1) is 28.2. The second kappa shape index (κ2) is 13.8. The number of pyridine rings is 1. The van der Waals surface area contributed by atoms with Crippen LogP contribution in [0, 0.1) is 0 Å². The summed E-state index contributed by atoms with van der Waals surface area (Å²) in [7, 11) is -1.04. The highest BCUT2D eigenvalue weighted by Gasteiger charge is 2.08. The monoisotopic (exact) mass is 533 g/mol. The fourth-order valence-corrected chi connectivity index (χ4v) is 3.75. The zero-order valence-corrected chi connectivity index (χ0v) is 22.3. The number of nitrogens with one attached hydrogen (secondary N) is 3. The lowest BCUT2D eigenvalue weighted by Gasteiger charge is -2.11. The Morgan fingerprint density at radius 2 is 1.47 bits per heavy atom. The van der Waals surface area contributed by atoms with Gasteiger partial charge in [-0.15, -0.1) is 0 Å². The lowest BCUT2D eigenvalue weighted by molar-refractivity contribution is 0.254. The summed E-state index contributed by atoms with van der Waals surface area (Å²) < 4.78 is 17.6. The van der Waals surface area contributed by atoms with Crippen LogP contribution in [0.1, 0.15) is 25.0 Å². The van der Waals surface area contributed by atoms with Crippen molar-refractivity contribution in [3.63, 3.8) is 0 Å². The van der Waals surface area contributed by atoms with Gasteiger partial charge in [0, 0.05) is 41.9 Å². The molecular weight excluding hydrogens is 502 g/mol. The second-order valence-corrected chi connectivity index (χ2v) is 8.65. The number of aryl methyl sites for hydroxylation is 2. The zero-order chi connectivity index (χ0) is 27.5. The average Bonchev–Trinajstić information content (AvgIpc) is 2.93. The van der Waals surface area contributed by atoms with Crippen LogP contribution < -0.4 is 21.1 Å². The van der Waals surface area contributed by atoms with Gasteiger partial charge in [-0.05, 0) is 66.4 Å². The van der Waals surface area contributed by atoms with Gasteiger partial charge < -0.3 is 16.0 Å². The molecule has 0 saturated carbocycles. The highest BCUT2D eigenvalue weighted by atomic mass is 32.2. The van der Waals surface area contributed by atoms with Crippen molar-refractivity contribution in [1.29, 1.82) is 0 Å². The molecule has 11 heteroatoms. The van der Waals surface area contributed by atoms with Crippen LogP contribution in [0.15, 0.2) is 73.1 Å². The molecule has 2 heterocycles. The molecular formula is C27H31N7O3S. The van der Waals surface area contributed by atoms with E-state index in [-0.39, 0.29) is 6.03 Å². The van der Waals surface area contributed by atoms with E-state index in [1.807, 2.05) is 42.5 Å². The summed E-state index contributed by atoms with van der Waals surface area (Å²) >= 11 is 0. The Kier molecular flexibility index (Phi) is 10.3. The summed E-state index contributed by atoms with van der Waals surface area (Å²) in [5, 5.41) is 12.7. The molecule has 0 atom stereocenters. The number of anilines is 3. The zero-order valence-electron chi connectivity index (χ0n) is 21.4. The maximum Gasteiger partial charge on any atom is 0.318 e. The summed E-state index contributed by atoms with van der Waals surface area (Å²) in [6.07, 6.45) is 5.54. The number of rotatable bonds is 7. The molecule has 10 nitrogen and oxygen atoms in total. The summed E-state index contributed by atoms with van der Waals surface area (Å²) in [4.78, 5) is 25.1. The number of carbonyl (C=O) groups excluding carboxylic acids is 1. The number of aromatic nitrogens is 3. The van der Waals surface area contributed by atoms with Gasteiger partial charge in [-0.2, -0.15) is 0 Å². The summed E-state index contributed by atoms with van der Waals surface area (Å²) in [5.74, 6) is 0.548. The Hall–Kier alpha value is -4.35. The van der Waals surface area contributed by atoms with Crippen LogP contribution in [0.3, 0.4) is 0 Å². The quantitative estimate of drug-likeness (QED) is 0.222. The van der Waals surface area contributed by atoms with Gasteiger partial charge in [-0.1, -0.05) is 32.0 Å². The largest absolute Gasteiger partial charge is 0.341 e. The van der Waals surface area contributed by atoms with Crippen LogP contribution in [0.2, 0.25) is 0 Å². The van der Waals surface area contributed by atoms with Crippen molar-refractivity contribution in [3.05, 3.63) is 84.2 Å². The maximum atomic E-state index is 11.5. The third-order valence-electron chi connectivity index (χ3n) is 5.60. The Morgan fingerprint density at radius 1 is 0.816 bits per heavy atom. The standard InChI is InChI=1S/C27H28N6O.H3NO2S/c1-4-18-6-11-23(16-19(18)5-2)31-26-30-15-13-24(33-26)21-12-14-29-25(17-21)20-7-9-22(10-8-20)32-27(34)28-3;1-4(2)3/h6-17H,4-5H2,1-3H3,(H2,28,32,34)(H,30,31,33);4H,(H2,1,2,3). The van der Waals surface area contributed by atoms with E-state index in [4.69, 9.17) is 13.4 Å². The van der Waals surface area contributed by atoms with Crippen molar-refractivity contribution >= 4 is 34.2 Å². The van der Waals surface area contributed by atoms with E-state index in [1.165, 1.54) is 11.1 Å². The number of urea groups is 1. The van der Waals surface area contributed by atoms with E-state index >= 15 is 0 Å². The van der Waals surface area contributed by atoms with Gasteiger partial charge in [0.1, 0.15) is 0 Å². The van der Waals surface area contributed by atoms with Crippen LogP contribution in [0.25, 0.3) is 22.5 Å². The minimum Gasteiger partial charge on any atom is -0.341 e. The van der Waals surface area contributed by atoms with Crippen LogP contribution in [0.5, 0.6) is 0 Å². The summed E-state index contributed by atoms with van der Waals surface area (Å²) in [6, 6.07) is 19.5. The Morgan fingerprint density at radius 3 is 2.13 bits per heavy atom. The van der Waals surface area contributed by atoms with Crippen molar-refractivity contribution in [2.45, 2.75) is 26.7 Å². The molecule has 0 aliphatic rings. The van der Waals surface area contributed by atoms with E-state index in [1.54, 1.807) is 19.4 Å². The molecule has 2 amide bonds. The highest BCUT2D eigenvalue weighted by Crippen LogP contribution is 2.26. The average molecular weight is 534 g/mol. The molecule has 2 aromatic carbocycles. The first-order valence-electron chi connectivity index (χ1n) is 12.0. The molecule has 198 valence electrons. The Labute approximate surface area is 223 Å². The fourth-order valence-electron chi connectivity index (χ4n) is 3.75. The van der Waals surface area contributed by atoms with Gasteiger partial charge in [0.2, 0.25) is 5.95 Å². The summed E-state index contributed by atoms with van der Waals surface area (Å²) in [5.41, 5.74) is 7.90. The molecule has 2 aromatic heterocycles. The van der Waals surface area contributed by atoms with Crippen molar-refractivity contribution in [1.82, 2.24) is 20.3 Å². The van der Waals surface area contributed by atoms with Crippen molar-refractivity contribution in [2.24, 2.45) is 5.14 Å². The number of benzene rings is 2. The molecule has 0 fully saturated rings. The van der Waals surface area contributed by atoms with Gasteiger partial charge >= 0.3 is 6.03 Å². The van der Waals surface area contributed by atoms with E-state index in [2.05, 4.69) is 63.1 Å². The number of nitrogens with zero attached hydrogens (tertiary/aromatic N) is 3. The molecule has 0 radical (unpaired) electrons. The smallest absolute Gasteiger partial charge is 0.318 e. The van der Waals surface area contributed by atoms with Crippen LogP contribution in [-0.2, 0) is 23.7 Å². The van der Waals surface area contributed by atoms with Crippen molar-refractivity contribution < 1.29 is 13.2 Å². The van der Waals surface area contributed by atoms with E-state index < -0.39 is 10.9 Å². The summed E-state index contributed by atoms with van der Waals surface area (Å²) in [6.45, 7) is 4.34. The van der Waals surface area contributed by atoms with E-state index in [9.17, 15) is 4.79 Å². The predicted molar refractivity (Wildman–Crippen MR) is 152 cm³/mol. The van der Waals surface area contributed by atoms with Gasteiger partial charge in [-0.25, -0.2) is 28.3 Å². The predicted octanol–water partition coefficient (Wildman–Crippen LogP) is 4.30. The van der Waals surface area contributed by atoms with Crippen molar-refractivity contribution in [3.8, 4) is 22.5 Å². The van der Waals surface area contributed by atoms with E-state index in [0.29, 0.717) is 11.6 Å². The normalized spacial score (nSPS) is 10.3. The minimum atomic E-state index is -2.62. The van der Waals surface area contributed by atoms with Gasteiger partial charge in [0.15, 0.2) is 10.9 Å². The molecule has 0 spiro atoms. The van der Waals surface area contributed by atoms with Crippen LogP contribution in [-0.4, -0.2) is 36.4 Å². The third-order valence-corrected chi connectivity index (χ3v) is 5.60. The number of hydrogen-bond donors (Lipinski definition) is 5. The molecule has 5 N–H and O–H groups in total. The molecule has 4 rings (SSSR count). The third kappa shape index (κ3) is 8.08. The lowest BCUT2D eigenvalue weighted by atomic mass is 10.0. The number of thiol groups is 1. The SMILES string of the molecule is CCc1ccc(Nc2nccc(-c3ccnc(-c4ccc(NC(=O)NC)cc4)c3)n2)cc1CC.N[SH](=O)=O. The van der Waals surface area contributed by atoms with Gasteiger partial charge in [0.25, 0.3) is 0 Å². The van der Waals surface area contributed by atoms with Gasteiger partial charge in [-0.3, -0.25) is 4.98 Å². The molecule has 38 heavy (non-hydrogen) atoms. The second-order valence-electron chi connectivity index (χ2n) is 8.08. The molecule has 0 saturated heterocycles. The Balaban J connectivity index is 0.000000934. The maximum absolute atomic E-state index is 11.5. The number of carbonyl (C=O) groups is 1. The lowest BCUT2D eigenvalue weighted by Crippen LogP contribution is -2.24. The highest BCUT2D eigenvalue weighted by molar-refractivity contribution is 7.69. The molecule has 0 bridgehead atoms.